The van der Waals surface area contributed by atoms with Gasteiger partial charge in [0, 0.05) is 18.8 Å². The van der Waals surface area contributed by atoms with Crippen LogP contribution in [0.15, 0.2) is 47.1 Å². The Morgan fingerprint density at radius 3 is 2.70 bits per heavy atom. The molecule has 1 atom stereocenters. The van der Waals surface area contributed by atoms with Gasteiger partial charge in [0.2, 0.25) is 5.91 Å². The Morgan fingerprint density at radius 2 is 2.00 bits per heavy atom. The molecule has 1 aromatic heterocycles. The molecule has 23 heavy (non-hydrogen) atoms. The molecular formula is C18H20N2O3. The number of hydrogen-bond donors (Lipinski definition) is 0. The van der Waals surface area contributed by atoms with Crippen molar-refractivity contribution in [1.29, 1.82) is 0 Å². The number of rotatable bonds is 3. The fourth-order valence-electron chi connectivity index (χ4n) is 3.00. The summed E-state index contributed by atoms with van der Waals surface area (Å²) in [6.45, 7) is 4.82. The minimum atomic E-state index is -0.508. The van der Waals surface area contributed by atoms with Gasteiger partial charge in [0.1, 0.15) is 6.04 Å². The van der Waals surface area contributed by atoms with Gasteiger partial charge in [-0.15, -0.1) is 0 Å². The second kappa shape index (κ2) is 6.28. The van der Waals surface area contributed by atoms with Gasteiger partial charge < -0.3 is 14.2 Å². The van der Waals surface area contributed by atoms with Crippen molar-refractivity contribution in [3.63, 3.8) is 0 Å². The molecule has 2 aromatic rings. The van der Waals surface area contributed by atoms with Crippen LogP contribution in [0.25, 0.3) is 0 Å². The summed E-state index contributed by atoms with van der Waals surface area (Å²) < 4.78 is 5.16. The van der Waals surface area contributed by atoms with Gasteiger partial charge in [0.25, 0.3) is 5.91 Å². The molecule has 0 aliphatic carbocycles. The molecule has 0 spiro atoms. The maximum absolute atomic E-state index is 12.8. The molecule has 5 heteroatoms. The lowest BCUT2D eigenvalue weighted by atomic mass is 10.1. The summed E-state index contributed by atoms with van der Waals surface area (Å²) in [5.41, 5.74) is 2.08. The Balaban J connectivity index is 1.83. The molecule has 1 fully saturated rings. The maximum Gasteiger partial charge on any atom is 0.290 e. The average molecular weight is 312 g/mol. The van der Waals surface area contributed by atoms with Gasteiger partial charge in [0.05, 0.1) is 6.26 Å². The molecule has 0 bridgehead atoms. The molecule has 1 aromatic carbocycles. The van der Waals surface area contributed by atoms with E-state index in [4.69, 9.17) is 4.42 Å². The standard InChI is InChI=1S/C18H20N2O3/c1-3-14-7-4-5-8-15(14)20-11-10-19(13(2)17(20)21)18(22)16-9-6-12-23-16/h4-9,12-13H,3,10-11H2,1-2H3. The first kappa shape index (κ1) is 15.3. The van der Waals surface area contributed by atoms with Crippen LogP contribution in [-0.2, 0) is 11.2 Å². The molecule has 3 rings (SSSR count). The van der Waals surface area contributed by atoms with Gasteiger partial charge in [-0.25, -0.2) is 0 Å². The fourth-order valence-corrected chi connectivity index (χ4v) is 3.00. The first-order valence-electron chi connectivity index (χ1n) is 7.87. The minimum absolute atomic E-state index is 0.0583. The molecule has 120 valence electrons. The third-order valence-corrected chi connectivity index (χ3v) is 4.31. The van der Waals surface area contributed by atoms with Crippen LogP contribution >= 0.6 is 0 Å². The van der Waals surface area contributed by atoms with E-state index >= 15 is 0 Å². The highest BCUT2D eigenvalue weighted by Gasteiger charge is 2.36. The number of carbonyl (C=O) groups is 2. The number of benzene rings is 1. The second-order valence-electron chi connectivity index (χ2n) is 5.62. The number of furan rings is 1. The van der Waals surface area contributed by atoms with Gasteiger partial charge in [-0.3, -0.25) is 9.59 Å². The molecule has 1 unspecified atom stereocenters. The molecule has 0 saturated carbocycles. The third kappa shape index (κ3) is 2.74. The van der Waals surface area contributed by atoms with E-state index in [1.807, 2.05) is 24.3 Å². The van der Waals surface area contributed by atoms with E-state index in [9.17, 15) is 9.59 Å². The molecule has 5 nitrogen and oxygen atoms in total. The number of nitrogens with zero attached hydrogens (tertiary/aromatic N) is 2. The van der Waals surface area contributed by atoms with Crippen LogP contribution in [0.3, 0.4) is 0 Å². The Labute approximate surface area is 135 Å². The topological polar surface area (TPSA) is 53.8 Å². The van der Waals surface area contributed by atoms with E-state index in [0.717, 1.165) is 17.7 Å². The van der Waals surface area contributed by atoms with E-state index in [1.165, 1.54) is 6.26 Å². The Kier molecular flexibility index (Phi) is 4.19. The summed E-state index contributed by atoms with van der Waals surface area (Å²) in [5, 5.41) is 0. The Morgan fingerprint density at radius 1 is 1.22 bits per heavy atom. The zero-order valence-corrected chi connectivity index (χ0v) is 13.4. The molecule has 1 aliphatic rings. The number of carbonyl (C=O) groups excluding carboxylic acids is 2. The van der Waals surface area contributed by atoms with Gasteiger partial charge >= 0.3 is 0 Å². The lowest BCUT2D eigenvalue weighted by Gasteiger charge is -2.39. The smallest absolute Gasteiger partial charge is 0.290 e. The van der Waals surface area contributed by atoms with Crippen molar-refractivity contribution in [1.82, 2.24) is 4.90 Å². The first-order chi connectivity index (χ1) is 11.1. The molecule has 0 radical (unpaired) electrons. The van der Waals surface area contributed by atoms with Crippen LogP contribution in [0.5, 0.6) is 0 Å². The van der Waals surface area contributed by atoms with E-state index in [-0.39, 0.29) is 17.6 Å². The highest BCUT2D eigenvalue weighted by Crippen LogP contribution is 2.25. The van der Waals surface area contributed by atoms with Crippen LogP contribution in [-0.4, -0.2) is 35.8 Å². The SMILES string of the molecule is CCc1ccccc1N1CCN(C(=O)c2ccco2)C(C)C1=O. The number of para-hydroxylation sites is 1. The summed E-state index contributed by atoms with van der Waals surface area (Å²) in [7, 11) is 0. The van der Waals surface area contributed by atoms with Crippen molar-refractivity contribution in [2.24, 2.45) is 0 Å². The van der Waals surface area contributed by atoms with E-state index in [1.54, 1.807) is 28.9 Å². The predicted molar refractivity (Wildman–Crippen MR) is 87.4 cm³/mol. The maximum atomic E-state index is 12.8. The lowest BCUT2D eigenvalue weighted by Crippen LogP contribution is -2.57. The fraction of sp³-hybridized carbons (Fsp3) is 0.333. The number of anilines is 1. The van der Waals surface area contributed by atoms with E-state index in [0.29, 0.717) is 13.1 Å². The summed E-state index contributed by atoms with van der Waals surface area (Å²) in [6, 6.07) is 10.7. The summed E-state index contributed by atoms with van der Waals surface area (Å²) in [5.74, 6) is -0.0246. The van der Waals surface area contributed by atoms with Crippen LogP contribution in [0, 0.1) is 0 Å². The number of piperazine rings is 1. The van der Waals surface area contributed by atoms with Crippen molar-refractivity contribution in [3.8, 4) is 0 Å². The quantitative estimate of drug-likeness (QED) is 0.875. The van der Waals surface area contributed by atoms with Gasteiger partial charge in [0.15, 0.2) is 5.76 Å². The van der Waals surface area contributed by atoms with Crippen LogP contribution < -0.4 is 4.90 Å². The molecule has 2 amide bonds. The highest BCUT2D eigenvalue weighted by atomic mass is 16.3. The largest absolute Gasteiger partial charge is 0.459 e. The van der Waals surface area contributed by atoms with Gasteiger partial charge in [-0.1, -0.05) is 25.1 Å². The molecule has 1 aliphatic heterocycles. The number of hydrogen-bond acceptors (Lipinski definition) is 3. The van der Waals surface area contributed by atoms with Crippen molar-refractivity contribution in [3.05, 3.63) is 54.0 Å². The average Bonchev–Trinajstić information content (AvgIpc) is 3.11. The Hall–Kier alpha value is -2.56. The molecule has 1 saturated heterocycles. The van der Waals surface area contributed by atoms with Crippen molar-refractivity contribution < 1.29 is 14.0 Å². The van der Waals surface area contributed by atoms with Gasteiger partial charge in [-0.05, 0) is 37.1 Å². The zero-order valence-electron chi connectivity index (χ0n) is 13.4. The van der Waals surface area contributed by atoms with Crippen LogP contribution in [0.2, 0.25) is 0 Å². The van der Waals surface area contributed by atoms with Crippen LogP contribution in [0.1, 0.15) is 30.0 Å². The predicted octanol–water partition coefficient (Wildman–Crippen LogP) is 2.72. The van der Waals surface area contributed by atoms with Crippen molar-refractivity contribution >= 4 is 17.5 Å². The summed E-state index contributed by atoms with van der Waals surface area (Å²) >= 11 is 0. The van der Waals surface area contributed by atoms with Gasteiger partial charge in [-0.2, -0.15) is 0 Å². The van der Waals surface area contributed by atoms with E-state index < -0.39 is 6.04 Å². The lowest BCUT2D eigenvalue weighted by molar-refractivity contribution is -0.124. The van der Waals surface area contributed by atoms with Crippen molar-refractivity contribution in [2.45, 2.75) is 26.3 Å². The molecule has 2 heterocycles. The monoisotopic (exact) mass is 312 g/mol. The minimum Gasteiger partial charge on any atom is -0.459 e. The second-order valence-corrected chi connectivity index (χ2v) is 5.62. The number of aryl methyl sites for hydroxylation is 1. The van der Waals surface area contributed by atoms with Crippen molar-refractivity contribution in [2.75, 3.05) is 18.0 Å². The third-order valence-electron chi connectivity index (χ3n) is 4.31. The molecule has 0 N–H and O–H groups in total. The van der Waals surface area contributed by atoms with E-state index in [2.05, 4.69) is 6.92 Å². The Bertz CT molecular complexity index is 709. The first-order valence-corrected chi connectivity index (χ1v) is 7.87. The molecular weight excluding hydrogens is 292 g/mol. The number of amides is 2. The normalized spacial score (nSPS) is 18.3. The zero-order chi connectivity index (χ0) is 16.4. The van der Waals surface area contributed by atoms with Crippen LogP contribution in [0.4, 0.5) is 5.69 Å². The highest BCUT2D eigenvalue weighted by molar-refractivity contribution is 6.03. The summed E-state index contributed by atoms with van der Waals surface area (Å²) in [4.78, 5) is 28.6. The summed E-state index contributed by atoms with van der Waals surface area (Å²) in [6.07, 6.45) is 2.33.